The number of aryl methyl sites for hydroxylation is 2. The highest BCUT2D eigenvalue weighted by Gasteiger charge is 2.34. The lowest BCUT2D eigenvalue weighted by Crippen LogP contribution is -2.50. The van der Waals surface area contributed by atoms with Crippen molar-refractivity contribution in [1.29, 1.82) is 0 Å². The normalized spacial score (nSPS) is 18.2. The maximum absolute atomic E-state index is 12.9. The van der Waals surface area contributed by atoms with Crippen LogP contribution in [0, 0.1) is 5.21 Å². The van der Waals surface area contributed by atoms with Crippen molar-refractivity contribution in [2.24, 2.45) is 0 Å². The van der Waals surface area contributed by atoms with Gasteiger partial charge in [-0.05, 0) is 69.2 Å². The lowest BCUT2D eigenvalue weighted by molar-refractivity contribution is -0.605. The van der Waals surface area contributed by atoms with Gasteiger partial charge < -0.3 is 10.1 Å². The summed E-state index contributed by atoms with van der Waals surface area (Å²) in [6.07, 6.45) is 6.82. The van der Waals surface area contributed by atoms with E-state index in [0.29, 0.717) is 19.5 Å². The summed E-state index contributed by atoms with van der Waals surface area (Å²) in [5.41, 5.74) is 5.60. The van der Waals surface area contributed by atoms with Gasteiger partial charge in [-0.2, -0.15) is 4.73 Å². The summed E-state index contributed by atoms with van der Waals surface area (Å²) in [6.45, 7) is 2.79. The standard InChI is InChI=1S/C25H23Br2ClN4O2/c26-19-12-18-2-1-17-13-20(28)14-21(27)23(17)25(24(18)29-15-19)31-9-7-30(8-10-31)22(33)11-16-3-5-32(34)6-4-16/h3-6,12-15,25H,1-2,7-11H2/t25-/m0/s1. The number of piperazine rings is 1. The van der Waals surface area contributed by atoms with E-state index in [-0.39, 0.29) is 11.9 Å². The minimum Gasteiger partial charge on any atom is -0.619 e. The SMILES string of the molecule is O=C(Cc1cc[n+]([O-])cc1)N1CCN([C@@H]2c3ncc(Br)cc3CCc3cc(Cl)cc(Br)c32)CC1. The number of carbonyl (C=O) groups excluding carboxylic acids is 1. The maximum atomic E-state index is 12.9. The monoisotopic (exact) mass is 604 g/mol. The quantitative estimate of drug-likeness (QED) is 0.326. The second-order valence-electron chi connectivity index (χ2n) is 8.72. The van der Waals surface area contributed by atoms with E-state index in [1.54, 1.807) is 12.1 Å². The molecule has 2 aliphatic rings. The number of rotatable bonds is 3. The highest BCUT2D eigenvalue weighted by Crippen LogP contribution is 2.41. The van der Waals surface area contributed by atoms with Crippen molar-refractivity contribution in [3.05, 3.63) is 96.0 Å². The van der Waals surface area contributed by atoms with Gasteiger partial charge in [-0.3, -0.25) is 14.7 Å². The lowest BCUT2D eigenvalue weighted by atomic mass is 9.96. The van der Waals surface area contributed by atoms with Crippen LogP contribution >= 0.6 is 43.5 Å². The molecule has 6 nitrogen and oxygen atoms in total. The molecule has 1 aliphatic heterocycles. The van der Waals surface area contributed by atoms with Crippen molar-refractivity contribution < 1.29 is 9.52 Å². The third-order valence-corrected chi connectivity index (χ3v) is 7.91. The van der Waals surface area contributed by atoms with Gasteiger partial charge in [0.15, 0.2) is 12.4 Å². The number of pyridine rings is 2. The van der Waals surface area contributed by atoms with Crippen molar-refractivity contribution in [1.82, 2.24) is 14.8 Å². The fraction of sp³-hybridized carbons (Fsp3) is 0.320. The molecule has 1 fully saturated rings. The summed E-state index contributed by atoms with van der Waals surface area (Å²) in [6, 6.07) is 9.59. The van der Waals surface area contributed by atoms with Gasteiger partial charge in [0, 0.05) is 58.5 Å². The van der Waals surface area contributed by atoms with Crippen molar-refractivity contribution in [2.75, 3.05) is 26.2 Å². The highest BCUT2D eigenvalue weighted by atomic mass is 79.9. The number of halogens is 3. The average molecular weight is 607 g/mol. The summed E-state index contributed by atoms with van der Waals surface area (Å²) in [5, 5.41) is 12.0. The first-order valence-corrected chi connectivity index (χ1v) is 13.2. The predicted octanol–water partition coefficient (Wildman–Crippen LogP) is 4.47. The van der Waals surface area contributed by atoms with Crippen LogP contribution in [-0.4, -0.2) is 46.9 Å². The molecule has 1 aromatic carbocycles. The van der Waals surface area contributed by atoms with Crippen LogP contribution in [0.4, 0.5) is 0 Å². The van der Waals surface area contributed by atoms with Gasteiger partial charge in [0.1, 0.15) is 0 Å². The van der Waals surface area contributed by atoms with Gasteiger partial charge in [0.05, 0.1) is 18.2 Å². The molecule has 5 rings (SSSR count). The Balaban J connectivity index is 1.40. The largest absolute Gasteiger partial charge is 0.619 e. The molecule has 34 heavy (non-hydrogen) atoms. The maximum Gasteiger partial charge on any atom is 0.227 e. The van der Waals surface area contributed by atoms with Crippen LogP contribution in [0.5, 0.6) is 0 Å². The molecule has 0 saturated carbocycles. The van der Waals surface area contributed by atoms with Crippen molar-refractivity contribution >= 4 is 49.4 Å². The second-order valence-corrected chi connectivity index (χ2v) is 10.9. The number of carbonyl (C=O) groups is 1. The molecule has 1 aliphatic carbocycles. The Labute approximate surface area is 220 Å². The zero-order valence-corrected chi connectivity index (χ0v) is 22.3. The molecule has 1 saturated heterocycles. The molecule has 176 valence electrons. The van der Waals surface area contributed by atoms with E-state index < -0.39 is 0 Å². The van der Waals surface area contributed by atoms with Crippen LogP contribution in [0.25, 0.3) is 0 Å². The topological polar surface area (TPSA) is 63.4 Å². The molecule has 0 spiro atoms. The second kappa shape index (κ2) is 9.93. The van der Waals surface area contributed by atoms with Gasteiger partial charge in [0.25, 0.3) is 0 Å². The van der Waals surface area contributed by atoms with E-state index in [0.717, 1.165) is 55.9 Å². The van der Waals surface area contributed by atoms with Crippen LogP contribution in [0.15, 0.2) is 57.9 Å². The molecule has 1 atom stereocenters. The average Bonchev–Trinajstić information content (AvgIpc) is 2.97. The fourth-order valence-corrected chi connectivity index (χ4v) is 6.40. The summed E-state index contributed by atoms with van der Waals surface area (Å²) in [4.78, 5) is 22.1. The van der Waals surface area contributed by atoms with E-state index in [1.165, 1.54) is 29.1 Å². The molecule has 2 aromatic heterocycles. The number of hydrogen-bond acceptors (Lipinski definition) is 4. The molecule has 0 N–H and O–H groups in total. The van der Waals surface area contributed by atoms with Crippen LogP contribution < -0.4 is 4.73 Å². The summed E-state index contributed by atoms with van der Waals surface area (Å²) in [5.74, 6) is 0.0833. The third kappa shape index (κ3) is 4.87. The molecular weight excluding hydrogens is 584 g/mol. The minimum atomic E-state index is -0.00822. The Bertz CT molecular complexity index is 1230. The van der Waals surface area contributed by atoms with Crippen molar-refractivity contribution in [3.63, 3.8) is 0 Å². The van der Waals surface area contributed by atoms with E-state index >= 15 is 0 Å². The summed E-state index contributed by atoms with van der Waals surface area (Å²) < 4.78 is 2.70. The predicted molar refractivity (Wildman–Crippen MR) is 138 cm³/mol. The minimum absolute atomic E-state index is 0.00822. The molecule has 0 radical (unpaired) electrons. The molecule has 3 aromatic rings. The first-order chi connectivity index (χ1) is 16.4. The van der Waals surface area contributed by atoms with E-state index in [9.17, 15) is 10.0 Å². The third-order valence-electron chi connectivity index (χ3n) is 6.60. The van der Waals surface area contributed by atoms with Crippen LogP contribution in [0.3, 0.4) is 0 Å². The molecule has 1 amide bonds. The zero-order chi connectivity index (χ0) is 23.8. The van der Waals surface area contributed by atoms with Gasteiger partial charge >= 0.3 is 0 Å². The summed E-state index contributed by atoms with van der Waals surface area (Å²) in [7, 11) is 0. The molecule has 0 unspecified atom stereocenters. The Kier molecular flexibility index (Phi) is 6.93. The Morgan fingerprint density at radius 2 is 1.79 bits per heavy atom. The van der Waals surface area contributed by atoms with Crippen molar-refractivity contribution in [2.45, 2.75) is 25.3 Å². The zero-order valence-electron chi connectivity index (χ0n) is 18.4. The Morgan fingerprint density at radius 3 is 2.53 bits per heavy atom. The number of aromatic nitrogens is 2. The Morgan fingerprint density at radius 1 is 1.09 bits per heavy atom. The number of fused-ring (bicyclic) bond motifs is 2. The van der Waals surface area contributed by atoms with Gasteiger partial charge in [0.2, 0.25) is 5.91 Å². The first kappa shape index (κ1) is 23.7. The van der Waals surface area contributed by atoms with E-state index in [1.807, 2.05) is 17.2 Å². The van der Waals surface area contributed by atoms with Crippen molar-refractivity contribution in [3.8, 4) is 0 Å². The van der Waals surface area contributed by atoms with Gasteiger partial charge in [-0.25, -0.2) is 0 Å². The first-order valence-electron chi connectivity index (χ1n) is 11.2. The molecule has 3 heterocycles. The van der Waals surface area contributed by atoms with Gasteiger partial charge in [-0.1, -0.05) is 27.5 Å². The number of amides is 1. The number of hydrogen-bond donors (Lipinski definition) is 0. The highest BCUT2D eigenvalue weighted by molar-refractivity contribution is 9.10. The van der Waals surface area contributed by atoms with Crippen LogP contribution in [0.1, 0.15) is 34.0 Å². The Hall–Kier alpha value is -2.00. The van der Waals surface area contributed by atoms with E-state index in [4.69, 9.17) is 16.6 Å². The van der Waals surface area contributed by atoms with Crippen LogP contribution in [-0.2, 0) is 24.1 Å². The fourth-order valence-electron chi connectivity index (χ4n) is 4.93. The number of nitrogens with zero attached hydrogens (tertiary/aromatic N) is 4. The lowest BCUT2D eigenvalue weighted by Gasteiger charge is -2.40. The molecular formula is C25H23Br2ClN4O2. The van der Waals surface area contributed by atoms with Gasteiger partial charge in [-0.15, -0.1) is 0 Å². The van der Waals surface area contributed by atoms with E-state index in [2.05, 4.69) is 48.9 Å². The smallest absolute Gasteiger partial charge is 0.227 e. The van der Waals surface area contributed by atoms with Crippen LogP contribution in [0.2, 0.25) is 5.02 Å². The molecule has 0 bridgehead atoms. The molecule has 9 heteroatoms. The number of benzene rings is 1. The summed E-state index contributed by atoms with van der Waals surface area (Å²) >= 11 is 13.8.